The van der Waals surface area contributed by atoms with E-state index in [1.807, 2.05) is 61.8 Å². The van der Waals surface area contributed by atoms with Gasteiger partial charge in [-0.1, -0.05) is 37.3 Å². The number of thioether (sulfide) groups is 1. The number of aromatic nitrogens is 1. The van der Waals surface area contributed by atoms with Gasteiger partial charge in [0.2, 0.25) is 5.91 Å². The number of anilines is 1. The molecular formula is C22H24N2O2S. The van der Waals surface area contributed by atoms with Crippen molar-refractivity contribution in [1.82, 2.24) is 4.57 Å². The first-order chi connectivity index (χ1) is 13.0. The second-order valence-corrected chi connectivity index (χ2v) is 7.28. The number of carbonyl (C=O) groups is 2. The van der Waals surface area contributed by atoms with E-state index in [4.69, 9.17) is 0 Å². The fraction of sp³-hybridized carbons (Fsp3) is 0.273. The highest BCUT2D eigenvalue weighted by Gasteiger charge is 2.30. The molecule has 3 rings (SSSR count). The Bertz CT molecular complexity index is 976. The Morgan fingerprint density at radius 2 is 1.85 bits per heavy atom. The molecule has 2 aromatic carbocycles. The largest absolute Gasteiger partial charge is 0.339 e. The van der Waals surface area contributed by atoms with Crippen molar-refractivity contribution in [3.63, 3.8) is 0 Å². The molecule has 0 N–H and O–H groups in total. The topological polar surface area (TPSA) is 42.3 Å². The minimum absolute atomic E-state index is 0.156. The average Bonchev–Trinajstić information content (AvgIpc) is 2.98. The van der Waals surface area contributed by atoms with Gasteiger partial charge in [0.05, 0.1) is 5.03 Å². The van der Waals surface area contributed by atoms with Gasteiger partial charge in [-0.25, -0.2) is 0 Å². The molecule has 27 heavy (non-hydrogen) atoms. The molecule has 0 fully saturated rings. The molecule has 0 aliphatic carbocycles. The van der Waals surface area contributed by atoms with Crippen LogP contribution in [-0.2, 0) is 23.1 Å². The summed E-state index contributed by atoms with van der Waals surface area (Å²) in [6, 6.07) is 15.2. The van der Waals surface area contributed by atoms with Gasteiger partial charge in [-0.2, -0.15) is 0 Å². The zero-order valence-electron chi connectivity index (χ0n) is 16.1. The lowest BCUT2D eigenvalue weighted by atomic mass is 10.0. The lowest BCUT2D eigenvalue weighted by molar-refractivity contribution is -0.119. The molecule has 0 aliphatic rings. The first kappa shape index (κ1) is 19.2. The lowest BCUT2D eigenvalue weighted by Crippen LogP contribution is -2.34. The van der Waals surface area contributed by atoms with Gasteiger partial charge in [-0.05, 0) is 36.4 Å². The number of para-hydroxylation sites is 1. The maximum absolute atomic E-state index is 12.6. The van der Waals surface area contributed by atoms with Crippen molar-refractivity contribution in [3.8, 4) is 0 Å². The zero-order chi connectivity index (χ0) is 19.6. The number of amides is 1. The molecule has 0 aliphatic heterocycles. The van der Waals surface area contributed by atoms with Gasteiger partial charge >= 0.3 is 0 Å². The lowest BCUT2D eigenvalue weighted by Gasteiger charge is -2.28. The molecule has 0 radical (unpaired) electrons. The number of rotatable bonds is 6. The number of aldehydes is 1. The predicted molar refractivity (Wildman–Crippen MR) is 112 cm³/mol. The SMILES string of the molecule is CCc1ccc(N(C(C)=O)C(C=O)c2c(SC)n(C)c3ccccc23)cc1. The van der Waals surface area contributed by atoms with Crippen LogP contribution in [0.15, 0.2) is 53.6 Å². The van der Waals surface area contributed by atoms with Crippen LogP contribution < -0.4 is 4.90 Å². The van der Waals surface area contributed by atoms with Crippen molar-refractivity contribution >= 4 is 40.5 Å². The molecule has 0 spiro atoms. The summed E-state index contributed by atoms with van der Waals surface area (Å²) in [4.78, 5) is 26.4. The Labute approximate surface area is 164 Å². The molecule has 140 valence electrons. The normalized spacial score (nSPS) is 12.1. The summed E-state index contributed by atoms with van der Waals surface area (Å²) in [5, 5.41) is 1.99. The third-order valence-electron chi connectivity index (χ3n) is 4.95. The summed E-state index contributed by atoms with van der Waals surface area (Å²) in [6.07, 6.45) is 3.79. The summed E-state index contributed by atoms with van der Waals surface area (Å²) in [5.74, 6) is -0.156. The van der Waals surface area contributed by atoms with E-state index in [9.17, 15) is 9.59 Å². The Morgan fingerprint density at radius 1 is 1.19 bits per heavy atom. The van der Waals surface area contributed by atoms with Crippen molar-refractivity contribution in [2.45, 2.75) is 31.3 Å². The summed E-state index contributed by atoms with van der Waals surface area (Å²) in [7, 11) is 1.99. The van der Waals surface area contributed by atoms with Gasteiger partial charge < -0.3 is 9.36 Å². The summed E-state index contributed by atoms with van der Waals surface area (Å²) < 4.78 is 2.09. The predicted octanol–water partition coefficient (Wildman–Crippen LogP) is 4.76. The van der Waals surface area contributed by atoms with Gasteiger partial charge in [0, 0.05) is 36.1 Å². The van der Waals surface area contributed by atoms with Crippen LogP contribution in [0.5, 0.6) is 0 Å². The molecule has 0 bridgehead atoms. The Kier molecular flexibility index (Phi) is 5.71. The van der Waals surface area contributed by atoms with Crippen LogP contribution >= 0.6 is 11.8 Å². The van der Waals surface area contributed by atoms with E-state index in [2.05, 4.69) is 11.5 Å². The van der Waals surface area contributed by atoms with E-state index < -0.39 is 6.04 Å². The molecule has 1 unspecified atom stereocenters. The van der Waals surface area contributed by atoms with Crippen LogP contribution in [0.25, 0.3) is 10.9 Å². The van der Waals surface area contributed by atoms with E-state index in [0.717, 1.165) is 39.9 Å². The van der Waals surface area contributed by atoms with Gasteiger partial charge in [-0.15, -0.1) is 11.8 Å². The maximum atomic E-state index is 12.6. The summed E-state index contributed by atoms with van der Waals surface area (Å²) in [6.45, 7) is 3.60. The fourth-order valence-corrected chi connectivity index (χ4v) is 4.44. The molecule has 0 saturated heterocycles. The van der Waals surface area contributed by atoms with E-state index in [-0.39, 0.29) is 5.91 Å². The molecular weight excluding hydrogens is 356 g/mol. The van der Waals surface area contributed by atoms with Crippen molar-refractivity contribution in [1.29, 1.82) is 0 Å². The third-order valence-corrected chi connectivity index (χ3v) is 5.83. The summed E-state index contributed by atoms with van der Waals surface area (Å²) in [5.41, 5.74) is 3.86. The Hall–Kier alpha value is -2.53. The zero-order valence-corrected chi connectivity index (χ0v) is 16.9. The minimum Gasteiger partial charge on any atom is -0.339 e. The fourth-order valence-electron chi connectivity index (χ4n) is 3.62. The number of fused-ring (bicyclic) bond motifs is 1. The molecule has 4 nitrogen and oxygen atoms in total. The van der Waals surface area contributed by atoms with Crippen molar-refractivity contribution in [2.75, 3.05) is 11.2 Å². The highest BCUT2D eigenvalue weighted by atomic mass is 32.2. The van der Waals surface area contributed by atoms with Crippen LogP contribution in [0.3, 0.4) is 0 Å². The van der Waals surface area contributed by atoms with Crippen LogP contribution in [-0.4, -0.2) is 23.0 Å². The minimum atomic E-state index is -0.677. The molecule has 0 saturated carbocycles. The smallest absolute Gasteiger partial charge is 0.224 e. The number of hydrogen-bond donors (Lipinski definition) is 0. The Morgan fingerprint density at radius 3 is 2.41 bits per heavy atom. The van der Waals surface area contributed by atoms with E-state index in [0.29, 0.717) is 0 Å². The van der Waals surface area contributed by atoms with Crippen molar-refractivity contribution in [3.05, 3.63) is 59.7 Å². The first-order valence-corrected chi connectivity index (χ1v) is 10.2. The number of aryl methyl sites for hydroxylation is 2. The standard InChI is InChI=1S/C22H24N2O2S/c1-5-16-10-12-17(13-11-16)24(15(2)26)20(14-25)21-18-8-6-7-9-19(18)23(3)22(21)27-4/h6-14,20H,5H2,1-4H3. The van der Waals surface area contributed by atoms with Gasteiger partial charge in [0.25, 0.3) is 0 Å². The molecule has 1 amide bonds. The van der Waals surface area contributed by atoms with Gasteiger partial charge in [0.1, 0.15) is 12.3 Å². The van der Waals surface area contributed by atoms with Crippen LogP contribution in [0.2, 0.25) is 0 Å². The number of benzene rings is 2. The molecule has 3 aromatic rings. The van der Waals surface area contributed by atoms with Crippen LogP contribution in [0, 0.1) is 0 Å². The molecule has 5 heteroatoms. The molecule has 1 heterocycles. The van der Waals surface area contributed by atoms with E-state index in [1.54, 1.807) is 16.7 Å². The molecule has 1 atom stereocenters. The monoisotopic (exact) mass is 380 g/mol. The summed E-state index contributed by atoms with van der Waals surface area (Å²) >= 11 is 1.59. The van der Waals surface area contributed by atoms with Crippen LogP contribution in [0.4, 0.5) is 5.69 Å². The highest BCUT2D eigenvalue weighted by Crippen LogP contribution is 2.38. The number of carbonyl (C=O) groups excluding carboxylic acids is 2. The Balaban J connectivity index is 2.21. The second kappa shape index (κ2) is 8.01. The van der Waals surface area contributed by atoms with Crippen molar-refractivity contribution in [2.24, 2.45) is 7.05 Å². The number of hydrogen-bond acceptors (Lipinski definition) is 3. The highest BCUT2D eigenvalue weighted by molar-refractivity contribution is 7.98. The quantitative estimate of drug-likeness (QED) is 0.457. The maximum Gasteiger partial charge on any atom is 0.224 e. The van der Waals surface area contributed by atoms with Gasteiger partial charge in [-0.3, -0.25) is 9.69 Å². The second-order valence-electron chi connectivity index (χ2n) is 6.49. The third kappa shape index (κ3) is 3.39. The van der Waals surface area contributed by atoms with Crippen molar-refractivity contribution < 1.29 is 9.59 Å². The van der Waals surface area contributed by atoms with E-state index >= 15 is 0 Å². The van der Waals surface area contributed by atoms with Gasteiger partial charge in [0.15, 0.2) is 0 Å². The first-order valence-electron chi connectivity index (χ1n) is 8.98. The molecule has 1 aromatic heterocycles. The average molecular weight is 381 g/mol. The number of nitrogens with zero attached hydrogens (tertiary/aromatic N) is 2. The van der Waals surface area contributed by atoms with Crippen LogP contribution in [0.1, 0.15) is 31.0 Å². The van der Waals surface area contributed by atoms with E-state index in [1.165, 1.54) is 12.5 Å².